The van der Waals surface area contributed by atoms with Crippen LogP contribution < -0.4 is 19.9 Å². The third-order valence-electron chi connectivity index (χ3n) is 2.50. The van der Waals surface area contributed by atoms with Crippen LogP contribution in [0.5, 0.6) is 17.2 Å². The number of ether oxygens (including phenoxy) is 3. The van der Waals surface area contributed by atoms with Crippen molar-refractivity contribution in [3.05, 3.63) is 18.2 Å². The van der Waals surface area contributed by atoms with Gasteiger partial charge in [0.05, 0.1) is 4.99 Å². The van der Waals surface area contributed by atoms with E-state index in [-0.39, 0.29) is 12.5 Å². The molecule has 0 bridgehead atoms. The van der Waals surface area contributed by atoms with Crippen LogP contribution in [0.25, 0.3) is 0 Å². The van der Waals surface area contributed by atoms with E-state index >= 15 is 0 Å². The maximum atomic E-state index is 12.6. The van der Waals surface area contributed by atoms with Crippen molar-refractivity contribution in [1.29, 1.82) is 0 Å². The molecule has 1 aliphatic heterocycles. The lowest BCUT2D eigenvalue weighted by molar-refractivity contribution is -0.161. The monoisotopic (exact) mass is 293 g/mol. The number of alkyl halides is 3. The largest absolute Gasteiger partial charge is 0.492 e. The first kappa shape index (κ1) is 13.7. The molecule has 1 aromatic rings. The number of hydrogen-bond donors (Lipinski definition) is 1. The van der Waals surface area contributed by atoms with Crippen LogP contribution in [0.4, 0.5) is 13.2 Å². The molecular formula is C11H10F3NO3S. The molecule has 0 aromatic heterocycles. The first-order valence-corrected chi connectivity index (χ1v) is 5.67. The van der Waals surface area contributed by atoms with E-state index in [1.807, 2.05) is 0 Å². The van der Waals surface area contributed by atoms with Crippen LogP contribution in [0.1, 0.15) is 0 Å². The lowest BCUT2D eigenvalue weighted by atomic mass is 10.1. The van der Waals surface area contributed by atoms with Crippen molar-refractivity contribution in [2.45, 2.75) is 6.18 Å². The minimum atomic E-state index is -4.53. The number of thiocarbonyl (C=S) groups is 1. The number of halogens is 3. The topological polar surface area (TPSA) is 53.7 Å². The second kappa shape index (κ2) is 5.12. The van der Waals surface area contributed by atoms with Crippen LogP contribution in [0.15, 0.2) is 18.2 Å². The van der Waals surface area contributed by atoms with E-state index in [0.29, 0.717) is 11.5 Å². The maximum Gasteiger partial charge on any atom is 0.401 e. The summed E-state index contributed by atoms with van der Waals surface area (Å²) < 4.78 is 53.0. The molecule has 0 aliphatic carbocycles. The summed E-state index contributed by atoms with van der Waals surface area (Å²) in [5, 5.41) is 0. The number of benzene rings is 1. The summed E-state index contributed by atoms with van der Waals surface area (Å²) in [6.45, 7) is -0.588. The van der Waals surface area contributed by atoms with Gasteiger partial charge in [-0.05, 0) is 12.1 Å². The Bertz CT molecular complexity index is 493. The van der Waals surface area contributed by atoms with Gasteiger partial charge in [-0.3, -0.25) is 0 Å². The fraction of sp³-hybridized carbons (Fsp3) is 0.364. The number of fused-ring (bicyclic) bond motifs is 1. The first-order valence-electron chi connectivity index (χ1n) is 5.26. The van der Waals surface area contributed by atoms with Gasteiger partial charge < -0.3 is 19.9 Å². The SMILES string of the molecule is NC(=S)C(COc1ccc2c(c1)OCO2)C(F)(F)F. The van der Waals surface area contributed by atoms with Crippen LogP contribution in [0.2, 0.25) is 0 Å². The second-order valence-electron chi connectivity index (χ2n) is 3.82. The molecule has 0 amide bonds. The van der Waals surface area contributed by atoms with Gasteiger partial charge in [-0.15, -0.1) is 0 Å². The predicted octanol–water partition coefficient (Wildman–Crippen LogP) is 2.26. The molecule has 19 heavy (non-hydrogen) atoms. The standard InChI is InChI=1S/C11H10F3NO3S/c12-11(13,14)7(10(15)19)4-16-6-1-2-8-9(3-6)18-5-17-8/h1-3,7H,4-5H2,(H2,15,19). The van der Waals surface area contributed by atoms with E-state index in [0.717, 1.165) is 0 Å². The Balaban J connectivity index is 2.03. The molecule has 1 atom stereocenters. The third kappa shape index (κ3) is 3.19. The molecular weight excluding hydrogens is 283 g/mol. The molecule has 104 valence electrons. The minimum Gasteiger partial charge on any atom is -0.492 e. The zero-order valence-corrected chi connectivity index (χ0v) is 10.4. The molecule has 4 nitrogen and oxygen atoms in total. The molecule has 2 rings (SSSR count). The quantitative estimate of drug-likeness (QED) is 0.863. The van der Waals surface area contributed by atoms with E-state index in [9.17, 15) is 13.2 Å². The summed E-state index contributed by atoms with van der Waals surface area (Å²) in [6.07, 6.45) is -4.53. The van der Waals surface area contributed by atoms with Crippen molar-refractivity contribution < 1.29 is 27.4 Å². The Morgan fingerprint density at radius 3 is 2.68 bits per heavy atom. The van der Waals surface area contributed by atoms with Crippen LogP contribution in [-0.4, -0.2) is 24.6 Å². The van der Waals surface area contributed by atoms with Crippen molar-refractivity contribution in [2.75, 3.05) is 13.4 Å². The van der Waals surface area contributed by atoms with Crippen LogP contribution in [0, 0.1) is 5.92 Å². The van der Waals surface area contributed by atoms with Crippen molar-refractivity contribution in [1.82, 2.24) is 0 Å². The molecule has 0 saturated carbocycles. The molecule has 0 fully saturated rings. The zero-order valence-electron chi connectivity index (χ0n) is 9.57. The smallest absolute Gasteiger partial charge is 0.401 e. The number of nitrogens with two attached hydrogens (primary N) is 1. The highest BCUT2D eigenvalue weighted by Crippen LogP contribution is 2.35. The Kier molecular flexibility index (Phi) is 3.70. The van der Waals surface area contributed by atoms with Gasteiger partial charge >= 0.3 is 6.18 Å². The van der Waals surface area contributed by atoms with E-state index in [1.165, 1.54) is 12.1 Å². The normalized spacial score (nSPS) is 15.1. The highest BCUT2D eigenvalue weighted by molar-refractivity contribution is 7.80. The van der Waals surface area contributed by atoms with Crippen LogP contribution in [-0.2, 0) is 0 Å². The van der Waals surface area contributed by atoms with Crippen molar-refractivity contribution in [3.63, 3.8) is 0 Å². The van der Waals surface area contributed by atoms with Gasteiger partial charge in [-0.1, -0.05) is 12.2 Å². The van der Waals surface area contributed by atoms with Crippen molar-refractivity contribution >= 4 is 17.2 Å². The van der Waals surface area contributed by atoms with E-state index in [4.69, 9.17) is 19.9 Å². The molecule has 1 aliphatic rings. The fourth-order valence-electron chi connectivity index (χ4n) is 1.48. The van der Waals surface area contributed by atoms with Crippen LogP contribution >= 0.6 is 12.2 Å². The molecule has 0 radical (unpaired) electrons. The minimum absolute atomic E-state index is 0.0802. The average Bonchev–Trinajstić information content (AvgIpc) is 2.73. The summed E-state index contributed by atoms with van der Waals surface area (Å²) in [4.78, 5) is -0.645. The average molecular weight is 293 g/mol. The van der Waals surface area contributed by atoms with Gasteiger partial charge in [0, 0.05) is 6.07 Å². The second-order valence-corrected chi connectivity index (χ2v) is 4.29. The Hall–Kier alpha value is -1.70. The Morgan fingerprint density at radius 1 is 1.37 bits per heavy atom. The van der Waals surface area contributed by atoms with Gasteiger partial charge in [0.25, 0.3) is 0 Å². The lowest BCUT2D eigenvalue weighted by Gasteiger charge is -2.19. The molecule has 0 spiro atoms. The summed E-state index contributed by atoms with van der Waals surface area (Å²) in [7, 11) is 0. The van der Waals surface area contributed by atoms with Crippen LogP contribution in [0.3, 0.4) is 0 Å². The molecule has 2 N–H and O–H groups in total. The molecule has 1 aromatic carbocycles. The van der Waals surface area contributed by atoms with Gasteiger partial charge in [0.1, 0.15) is 18.3 Å². The molecule has 1 heterocycles. The lowest BCUT2D eigenvalue weighted by Crippen LogP contribution is -2.38. The number of rotatable bonds is 4. The Labute approximate surface area is 112 Å². The summed E-state index contributed by atoms with van der Waals surface area (Å²) in [6, 6.07) is 4.50. The van der Waals surface area contributed by atoms with E-state index in [2.05, 4.69) is 12.2 Å². The third-order valence-corrected chi connectivity index (χ3v) is 2.78. The summed E-state index contributed by atoms with van der Waals surface area (Å²) in [5.74, 6) is -0.798. The fourth-order valence-corrected chi connectivity index (χ4v) is 1.69. The van der Waals surface area contributed by atoms with Crippen molar-refractivity contribution in [3.8, 4) is 17.2 Å². The molecule has 1 unspecified atom stereocenters. The highest BCUT2D eigenvalue weighted by Gasteiger charge is 2.42. The maximum absolute atomic E-state index is 12.6. The summed E-state index contributed by atoms with van der Waals surface area (Å²) in [5.41, 5.74) is 5.06. The summed E-state index contributed by atoms with van der Waals surface area (Å²) >= 11 is 4.39. The highest BCUT2D eigenvalue weighted by atomic mass is 32.1. The first-order chi connectivity index (χ1) is 8.88. The zero-order chi connectivity index (χ0) is 14.0. The Morgan fingerprint density at radius 2 is 2.05 bits per heavy atom. The van der Waals surface area contributed by atoms with Gasteiger partial charge in [-0.2, -0.15) is 13.2 Å². The number of hydrogen-bond acceptors (Lipinski definition) is 4. The van der Waals surface area contributed by atoms with E-state index < -0.39 is 23.7 Å². The predicted molar refractivity (Wildman–Crippen MR) is 64.4 cm³/mol. The molecule has 0 saturated heterocycles. The van der Waals surface area contributed by atoms with Gasteiger partial charge in [0.15, 0.2) is 11.5 Å². The van der Waals surface area contributed by atoms with Gasteiger partial charge in [-0.25, -0.2) is 0 Å². The molecule has 8 heteroatoms. The van der Waals surface area contributed by atoms with Gasteiger partial charge in [0.2, 0.25) is 6.79 Å². The van der Waals surface area contributed by atoms with Crippen molar-refractivity contribution in [2.24, 2.45) is 11.7 Å². The van der Waals surface area contributed by atoms with E-state index in [1.54, 1.807) is 6.07 Å².